The van der Waals surface area contributed by atoms with E-state index in [2.05, 4.69) is 5.32 Å². The average Bonchev–Trinajstić information content (AvgIpc) is 2.54. The van der Waals surface area contributed by atoms with Gasteiger partial charge in [-0.1, -0.05) is 6.07 Å². The fourth-order valence-corrected chi connectivity index (χ4v) is 2.42. The van der Waals surface area contributed by atoms with Gasteiger partial charge in [-0.05, 0) is 37.5 Å². The van der Waals surface area contributed by atoms with Crippen LogP contribution in [0, 0.1) is 0 Å². The highest BCUT2D eigenvalue weighted by Crippen LogP contribution is 2.28. The second-order valence-corrected chi connectivity index (χ2v) is 5.37. The minimum atomic E-state index is -0.826. The maximum atomic E-state index is 12.3. The fraction of sp³-hybridized carbons (Fsp3) is 0.562. The normalized spacial score (nSPS) is 16.9. The second-order valence-electron chi connectivity index (χ2n) is 5.37. The Bertz CT molecular complexity index is 513. The molecule has 1 aromatic carbocycles. The van der Waals surface area contributed by atoms with Crippen LogP contribution in [0.15, 0.2) is 18.2 Å². The molecule has 1 aliphatic heterocycles. The molecule has 1 fully saturated rings. The lowest BCUT2D eigenvalue weighted by Gasteiger charge is -2.31. The third kappa shape index (κ3) is 3.90. The molecule has 3 N–H and O–H groups in total. The average molecular weight is 308 g/mol. The second kappa shape index (κ2) is 7.47. The van der Waals surface area contributed by atoms with Crippen LogP contribution in [0.1, 0.15) is 25.3 Å². The predicted octanol–water partition coefficient (Wildman–Crippen LogP) is 1.22. The van der Waals surface area contributed by atoms with Crippen LogP contribution in [0.4, 0.5) is 0 Å². The molecule has 1 aliphatic rings. The molecule has 1 saturated heterocycles. The summed E-state index contributed by atoms with van der Waals surface area (Å²) in [6.07, 6.45) is 1.09. The summed E-state index contributed by atoms with van der Waals surface area (Å²) in [5.41, 5.74) is 6.26. The van der Waals surface area contributed by atoms with Gasteiger partial charge in [-0.3, -0.25) is 4.79 Å². The molecule has 2 rings (SSSR count). The zero-order valence-electron chi connectivity index (χ0n) is 13.2. The summed E-state index contributed by atoms with van der Waals surface area (Å²) in [6, 6.07) is 5.61. The Morgan fingerprint density at radius 3 is 2.73 bits per heavy atom. The molecule has 0 radical (unpaired) electrons. The minimum absolute atomic E-state index is 0.136. The van der Waals surface area contributed by atoms with Crippen molar-refractivity contribution in [1.29, 1.82) is 0 Å². The van der Waals surface area contributed by atoms with Crippen molar-refractivity contribution >= 4 is 5.91 Å². The molecule has 0 unspecified atom stereocenters. The summed E-state index contributed by atoms with van der Waals surface area (Å²) in [4.78, 5) is 12.3. The molecule has 1 amide bonds. The van der Waals surface area contributed by atoms with Crippen LogP contribution >= 0.6 is 0 Å². The van der Waals surface area contributed by atoms with Crippen molar-refractivity contribution in [3.8, 4) is 11.5 Å². The molecule has 122 valence electrons. The molecule has 0 atom stereocenters. The summed E-state index contributed by atoms with van der Waals surface area (Å²) in [5, 5.41) is 2.90. The van der Waals surface area contributed by atoms with E-state index in [1.165, 1.54) is 0 Å². The van der Waals surface area contributed by atoms with Gasteiger partial charge in [0.05, 0.1) is 19.3 Å². The molecular weight excluding hydrogens is 284 g/mol. The number of ether oxygens (including phenoxy) is 3. The van der Waals surface area contributed by atoms with Crippen molar-refractivity contribution in [3.05, 3.63) is 23.8 Å². The SMILES string of the molecule is CCOc1ccc(CNC(=O)C2(N)CCOCC2)cc1OC. The lowest BCUT2D eigenvalue weighted by atomic mass is 9.90. The van der Waals surface area contributed by atoms with Crippen molar-refractivity contribution in [2.75, 3.05) is 26.9 Å². The van der Waals surface area contributed by atoms with E-state index < -0.39 is 5.54 Å². The maximum absolute atomic E-state index is 12.3. The van der Waals surface area contributed by atoms with E-state index in [1.54, 1.807) is 7.11 Å². The van der Waals surface area contributed by atoms with E-state index in [4.69, 9.17) is 19.9 Å². The molecular formula is C16H24N2O4. The highest BCUT2D eigenvalue weighted by atomic mass is 16.5. The molecule has 0 bridgehead atoms. The van der Waals surface area contributed by atoms with Crippen molar-refractivity contribution in [2.45, 2.75) is 31.8 Å². The Morgan fingerprint density at radius 2 is 2.09 bits per heavy atom. The van der Waals surface area contributed by atoms with Gasteiger partial charge in [-0.25, -0.2) is 0 Å². The lowest BCUT2D eigenvalue weighted by molar-refractivity contribution is -0.129. The van der Waals surface area contributed by atoms with E-state index in [0.717, 1.165) is 5.56 Å². The molecule has 0 aromatic heterocycles. The Balaban J connectivity index is 1.97. The molecule has 22 heavy (non-hydrogen) atoms. The van der Waals surface area contributed by atoms with Crippen LogP contribution in [0.25, 0.3) is 0 Å². The summed E-state index contributed by atoms with van der Waals surface area (Å²) in [5.74, 6) is 1.21. The van der Waals surface area contributed by atoms with E-state index >= 15 is 0 Å². The topological polar surface area (TPSA) is 82.8 Å². The van der Waals surface area contributed by atoms with Crippen LogP contribution < -0.4 is 20.5 Å². The number of hydrogen-bond donors (Lipinski definition) is 2. The first-order chi connectivity index (χ1) is 10.6. The molecule has 6 nitrogen and oxygen atoms in total. The Hall–Kier alpha value is -1.79. The van der Waals surface area contributed by atoms with Crippen molar-refractivity contribution < 1.29 is 19.0 Å². The number of carbonyl (C=O) groups is 1. The van der Waals surface area contributed by atoms with Gasteiger partial charge in [-0.2, -0.15) is 0 Å². The number of rotatable bonds is 6. The highest BCUT2D eigenvalue weighted by Gasteiger charge is 2.35. The number of methoxy groups -OCH3 is 1. The number of hydrogen-bond acceptors (Lipinski definition) is 5. The van der Waals surface area contributed by atoms with Crippen molar-refractivity contribution in [1.82, 2.24) is 5.32 Å². The van der Waals surface area contributed by atoms with Gasteiger partial charge in [0.15, 0.2) is 11.5 Å². The molecule has 0 spiro atoms. The van der Waals surface area contributed by atoms with Gasteiger partial charge in [0.2, 0.25) is 5.91 Å². The Labute approximate surface area is 130 Å². The number of amides is 1. The summed E-state index contributed by atoms with van der Waals surface area (Å²) in [7, 11) is 1.59. The standard InChI is InChI=1S/C16H24N2O4/c1-3-22-13-5-4-12(10-14(13)20-2)11-18-15(19)16(17)6-8-21-9-7-16/h4-5,10H,3,6-9,11,17H2,1-2H3,(H,18,19). The molecule has 6 heteroatoms. The van der Waals surface area contributed by atoms with Crippen molar-refractivity contribution in [3.63, 3.8) is 0 Å². The third-order valence-corrected chi connectivity index (χ3v) is 3.82. The van der Waals surface area contributed by atoms with E-state index in [1.807, 2.05) is 25.1 Å². The largest absolute Gasteiger partial charge is 0.493 e. The quantitative estimate of drug-likeness (QED) is 0.825. The van der Waals surface area contributed by atoms with Crippen LogP contribution in [0.3, 0.4) is 0 Å². The molecule has 0 saturated carbocycles. The number of carbonyl (C=O) groups excluding carboxylic acids is 1. The minimum Gasteiger partial charge on any atom is -0.493 e. The molecule has 1 heterocycles. The smallest absolute Gasteiger partial charge is 0.240 e. The summed E-state index contributed by atoms with van der Waals surface area (Å²) >= 11 is 0. The van der Waals surface area contributed by atoms with E-state index in [9.17, 15) is 4.79 Å². The van der Waals surface area contributed by atoms with Crippen LogP contribution in [0.5, 0.6) is 11.5 Å². The van der Waals surface area contributed by atoms with Gasteiger partial charge in [-0.15, -0.1) is 0 Å². The van der Waals surface area contributed by atoms with Gasteiger partial charge >= 0.3 is 0 Å². The molecule has 1 aromatic rings. The van der Waals surface area contributed by atoms with E-state index in [0.29, 0.717) is 50.7 Å². The van der Waals surface area contributed by atoms with Gasteiger partial charge in [0.25, 0.3) is 0 Å². The Morgan fingerprint density at radius 1 is 1.36 bits per heavy atom. The predicted molar refractivity (Wildman–Crippen MR) is 83.0 cm³/mol. The summed E-state index contributed by atoms with van der Waals surface area (Å²) in [6.45, 7) is 3.95. The lowest BCUT2D eigenvalue weighted by Crippen LogP contribution is -2.56. The number of nitrogens with two attached hydrogens (primary N) is 1. The first-order valence-electron chi connectivity index (χ1n) is 7.53. The molecule has 0 aliphatic carbocycles. The van der Waals surface area contributed by atoms with Gasteiger partial charge in [0.1, 0.15) is 0 Å². The maximum Gasteiger partial charge on any atom is 0.240 e. The van der Waals surface area contributed by atoms with Gasteiger partial charge in [0, 0.05) is 19.8 Å². The van der Waals surface area contributed by atoms with Crippen molar-refractivity contribution in [2.24, 2.45) is 5.73 Å². The summed E-state index contributed by atoms with van der Waals surface area (Å²) < 4.78 is 16.0. The number of benzene rings is 1. The third-order valence-electron chi connectivity index (χ3n) is 3.82. The van der Waals surface area contributed by atoms with E-state index in [-0.39, 0.29) is 5.91 Å². The highest BCUT2D eigenvalue weighted by molar-refractivity contribution is 5.86. The fourth-order valence-electron chi connectivity index (χ4n) is 2.42. The zero-order chi connectivity index (χ0) is 16.0. The first kappa shape index (κ1) is 16.6. The van der Waals surface area contributed by atoms with Crippen LogP contribution in [0.2, 0.25) is 0 Å². The zero-order valence-corrected chi connectivity index (χ0v) is 13.2. The monoisotopic (exact) mass is 308 g/mol. The van der Waals surface area contributed by atoms with Crippen LogP contribution in [-0.4, -0.2) is 38.4 Å². The van der Waals surface area contributed by atoms with Crippen LogP contribution in [-0.2, 0) is 16.1 Å². The van der Waals surface area contributed by atoms with Gasteiger partial charge < -0.3 is 25.3 Å². The first-order valence-corrected chi connectivity index (χ1v) is 7.53. The number of nitrogens with one attached hydrogen (secondary N) is 1. The Kier molecular flexibility index (Phi) is 5.63.